The van der Waals surface area contributed by atoms with Crippen LogP contribution < -0.4 is 10.2 Å². The zero-order chi connectivity index (χ0) is 13.5. The molecule has 20 heavy (non-hydrogen) atoms. The third-order valence-electron chi connectivity index (χ3n) is 4.80. The lowest BCUT2D eigenvalue weighted by Gasteiger charge is -2.19. The molecule has 1 aliphatic heterocycles. The highest BCUT2D eigenvalue weighted by atomic mass is 15.1. The summed E-state index contributed by atoms with van der Waals surface area (Å²) in [5.41, 5.74) is 4.46. The Morgan fingerprint density at radius 3 is 2.85 bits per heavy atom. The van der Waals surface area contributed by atoms with E-state index >= 15 is 0 Å². The first-order valence-electron chi connectivity index (χ1n) is 7.90. The third kappa shape index (κ3) is 1.82. The van der Waals surface area contributed by atoms with E-state index in [2.05, 4.69) is 47.5 Å². The maximum Gasteiger partial charge on any atom is 0.0375 e. The number of rotatable bonds is 3. The van der Waals surface area contributed by atoms with Gasteiger partial charge in [0.25, 0.3) is 0 Å². The predicted octanol–water partition coefficient (Wildman–Crippen LogP) is 3.65. The summed E-state index contributed by atoms with van der Waals surface area (Å²) in [5, 5.41) is 6.55. The molecule has 1 unspecified atom stereocenters. The van der Waals surface area contributed by atoms with E-state index in [0.29, 0.717) is 6.04 Å². The average Bonchev–Trinajstić information content (AvgIpc) is 3.09. The van der Waals surface area contributed by atoms with Crippen molar-refractivity contribution in [2.45, 2.75) is 32.2 Å². The van der Waals surface area contributed by atoms with Gasteiger partial charge in [0.05, 0.1) is 0 Å². The van der Waals surface area contributed by atoms with Gasteiger partial charge >= 0.3 is 0 Å². The molecule has 1 heterocycles. The Hall–Kier alpha value is -1.54. The van der Waals surface area contributed by atoms with Crippen LogP contribution in [0.15, 0.2) is 30.3 Å². The summed E-state index contributed by atoms with van der Waals surface area (Å²) in [6, 6.07) is 12.1. The van der Waals surface area contributed by atoms with Gasteiger partial charge in [0.15, 0.2) is 0 Å². The number of benzene rings is 2. The molecule has 1 atom stereocenters. The number of likely N-dealkylation sites (N-methyl/N-ethyl adjacent to an activating group) is 1. The molecule has 2 nitrogen and oxygen atoms in total. The van der Waals surface area contributed by atoms with Crippen LogP contribution in [0.25, 0.3) is 10.8 Å². The highest BCUT2D eigenvalue weighted by molar-refractivity contribution is 5.94. The molecule has 1 saturated heterocycles. The SMILES string of the molecule is CCNC1Cc2cc(N3CCCC3)cc3cccc1c23. The Bertz CT molecular complexity index is 641. The van der Waals surface area contributed by atoms with E-state index in [1.54, 1.807) is 0 Å². The van der Waals surface area contributed by atoms with Crippen LogP contribution >= 0.6 is 0 Å². The second kappa shape index (κ2) is 4.78. The van der Waals surface area contributed by atoms with E-state index in [-0.39, 0.29) is 0 Å². The summed E-state index contributed by atoms with van der Waals surface area (Å²) in [5.74, 6) is 0. The summed E-state index contributed by atoms with van der Waals surface area (Å²) in [7, 11) is 0. The van der Waals surface area contributed by atoms with Gasteiger partial charge in [0.1, 0.15) is 0 Å². The Morgan fingerprint density at radius 1 is 1.20 bits per heavy atom. The van der Waals surface area contributed by atoms with Crippen molar-refractivity contribution in [1.82, 2.24) is 5.32 Å². The van der Waals surface area contributed by atoms with Crippen LogP contribution in [0.4, 0.5) is 5.69 Å². The normalized spacial score (nSPS) is 21.1. The number of nitrogens with zero attached hydrogens (tertiary/aromatic N) is 1. The van der Waals surface area contributed by atoms with Crippen LogP contribution in [0, 0.1) is 0 Å². The van der Waals surface area contributed by atoms with E-state index in [0.717, 1.165) is 13.0 Å². The average molecular weight is 266 g/mol. The van der Waals surface area contributed by atoms with Gasteiger partial charge in [0.2, 0.25) is 0 Å². The van der Waals surface area contributed by atoms with Crippen molar-refractivity contribution in [3.63, 3.8) is 0 Å². The van der Waals surface area contributed by atoms with Gasteiger partial charge in [-0.15, -0.1) is 0 Å². The standard InChI is InChI=1S/C18H22N2/c1-2-19-17-12-14-11-15(20-8-3-4-9-20)10-13-6-5-7-16(17)18(13)14/h5-7,10-11,17,19H,2-4,8-9,12H2,1H3. The number of hydrogen-bond acceptors (Lipinski definition) is 2. The molecule has 1 N–H and O–H groups in total. The second-order valence-electron chi connectivity index (χ2n) is 6.06. The Balaban J connectivity index is 1.82. The summed E-state index contributed by atoms with van der Waals surface area (Å²) < 4.78 is 0. The molecule has 0 radical (unpaired) electrons. The van der Waals surface area contributed by atoms with Crippen LogP contribution in [-0.2, 0) is 6.42 Å². The molecular formula is C18H22N2. The van der Waals surface area contributed by atoms with Gasteiger partial charge in [0, 0.05) is 24.8 Å². The molecule has 0 amide bonds. The number of hydrogen-bond donors (Lipinski definition) is 1. The maximum absolute atomic E-state index is 3.63. The first-order valence-corrected chi connectivity index (χ1v) is 7.90. The lowest BCUT2D eigenvalue weighted by Crippen LogP contribution is -2.20. The predicted molar refractivity (Wildman–Crippen MR) is 85.5 cm³/mol. The molecule has 1 fully saturated rings. The lowest BCUT2D eigenvalue weighted by molar-refractivity contribution is 0.567. The minimum atomic E-state index is 0.507. The maximum atomic E-state index is 3.63. The third-order valence-corrected chi connectivity index (χ3v) is 4.80. The van der Waals surface area contributed by atoms with Crippen molar-refractivity contribution in [2.24, 2.45) is 0 Å². The van der Waals surface area contributed by atoms with E-state index < -0.39 is 0 Å². The van der Waals surface area contributed by atoms with E-state index in [1.807, 2.05) is 0 Å². The smallest absolute Gasteiger partial charge is 0.0375 e. The fourth-order valence-corrected chi connectivity index (χ4v) is 3.90. The molecular weight excluding hydrogens is 244 g/mol. The number of nitrogens with one attached hydrogen (secondary N) is 1. The van der Waals surface area contributed by atoms with Gasteiger partial charge in [-0.25, -0.2) is 0 Å². The van der Waals surface area contributed by atoms with Crippen LogP contribution in [0.5, 0.6) is 0 Å². The van der Waals surface area contributed by atoms with E-state index in [4.69, 9.17) is 0 Å². The van der Waals surface area contributed by atoms with Crippen molar-refractivity contribution in [3.05, 3.63) is 41.5 Å². The number of anilines is 1. The van der Waals surface area contributed by atoms with Crippen molar-refractivity contribution < 1.29 is 0 Å². The molecule has 2 aromatic carbocycles. The molecule has 2 aliphatic rings. The van der Waals surface area contributed by atoms with Gasteiger partial charge in [-0.2, -0.15) is 0 Å². The van der Waals surface area contributed by atoms with Crippen LogP contribution in [-0.4, -0.2) is 19.6 Å². The Labute approximate surface area is 120 Å². The topological polar surface area (TPSA) is 15.3 Å². The summed E-state index contributed by atoms with van der Waals surface area (Å²) in [6.45, 7) is 5.68. The van der Waals surface area contributed by atoms with Crippen LogP contribution in [0.3, 0.4) is 0 Å². The lowest BCUT2D eigenvalue weighted by atomic mass is 10.0. The quantitative estimate of drug-likeness (QED) is 0.912. The van der Waals surface area contributed by atoms with Gasteiger partial charge in [-0.1, -0.05) is 25.1 Å². The fraction of sp³-hybridized carbons (Fsp3) is 0.444. The highest BCUT2D eigenvalue weighted by Gasteiger charge is 2.25. The highest BCUT2D eigenvalue weighted by Crippen LogP contribution is 2.39. The largest absolute Gasteiger partial charge is 0.372 e. The van der Waals surface area contributed by atoms with Gasteiger partial charge in [-0.05, 0) is 59.8 Å². The fourth-order valence-electron chi connectivity index (χ4n) is 3.90. The molecule has 0 bridgehead atoms. The van der Waals surface area contributed by atoms with Crippen molar-refractivity contribution in [1.29, 1.82) is 0 Å². The molecule has 2 aromatic rings. The first-order chi connectivity index (χ1) is 9.86. The van der Waals surface area contributed by atoms with Crippen molar-refractivity contribution in [2.75, 3.05) is 24.5 Å². The van der Waals surface area contributed by atoms with E-state index in [1.165, 1.54) is 53.5 Å². The van der Waals surface area contributed by atoms with Crippen LogP contribution in [0.2, 0.25) is 0 Å². The molecule has 0 saturated carbocycles. The summed E-state index contributed by atoms with van der Waals surface area (Å²) in [6.07, 6.45) is 3.83. The summed E-state index contributed by atoms with van der Waals surface area (Å²) >= 11 is 0. The van der Waals surface area contributed by atoms with Crippen molar-refractivity contribution >= 4 is 16.5 Å². The van der Waals surface area contributed by atoms with Crippen LogP contribution in [0.1, 0.15) is 36.9 Å². The molecule has 4 rings (SSSR count). The zero-order valence-corrected chi connectivity index (χ0v) is 12.2. The minimum absolute atomic E-state index is 0.507. The van der Waals surface area contributed by atoms with Gasteiger partial charge in [-0.3, -0.25) is 0 Å². The Morgan fingerprint density at radius 2 is 2.05 bits per heavy atom. The zero-order valence-electron chi connectivity index (χ0n) is 12.2. The second-order valence-corrected chi connectivity index (χ2v) is 6.06. The Kier molecular flexibility index (Phi) is 2.92. The molecule has 0 spiro atoms. The molecule has 1 aliphatic carbocycles. The first kappa shape index (κ1) is 12.2. The molecule has 104 valence electrons. The minimum Gasteiger partial charge on any atom is -0.372 e. The summed E-state index contributed by atoms with van der Waals surface area (Å²) in [4.78, 5) is 2.54. The monoisotopic (exact) mass is 266 g/mol. The molecule has 0 aromatic heterocycles. The van der Waals surface area contributed by atoms with E-state index in [9.17, 15) is 0 Å². The van der Waals surface area contributed by atoms with Crippen molar-refractivity contribution in [3.8, 4) is 0 Å². The molecule has 2 heteroatoms. The van der Waals surface area contributed by atoms with Gasteiger partial charge < -0.3 is 10.2 Å².